The molecule has 29 heavy (non-hydrogen) atoms. The zero-order valence-corrected chi connectivity index (χ0v) is 17.2. The number of ether oxygens (including phenoxy) is 2. The van der Waals surface area contributed by atoms with Crippen molar-refractivity contribution in [3.8, 4) is 11.6 Å². The van der Waals surface area contributed by atoms with Crippen molar-refractivity contribution < 1.29 is 9.47 Å². The summed E-state index contributed by atoms with van der Waals surface area (Å²) in [6.45, 7) is 2.86. The minimum atomic E-state index is 0.194. The molecule has 1 saturated carbocycles. The minimum Gasteiger partial charge on any atom is -0.497 e. The monoisotopic (exact) mass is 395 g/mol. The number of rotatable bonds is 8. The molecule has 2 heterocycles. The number of anilines is 1. The van der Waals surface area contributed by atoms with Crippen LogP contribution in [0, 0.1) is 0 Å². The van der Waals surface area contributed by atoms with Crippen LogP contribution in [0.3, 0.4) is 0 Å². The first-order valence-corrected chi connectivity index (χ1v) is 10.5. The Labute approximate surface area is 171 Å². The van der Waals surface area contributed by atoms with Gasteiger partial charge in [-0.15, -0.1) is 10.2 Å². The number of nitrogens with two attached hydrogens (primary N) is 1. The van der Waals surface area contributed by atoms with Crippen LogP contribution < -0.4 is 15.2 Å². The lowest BCUT2D eigenvalue weighted by atomic mass is 10.2. The van der Waals surface area contributed by atoms with E-state index in [1.165, 1.54) is 12.8 Å². The summed E-state index contributed by atoms with van der Waals surface area (Å²) >= 11 is 0. The fraction of sp³-hybridized carbons (Fsp3) is 0.500. The lowest BCUT2D eigenvalue weighted by Crippen LogP contribution is -2.14. The molecule has 154 valence electrons. The maximum Gasteiger partial charge on any atom is 0.260 e. The van der Waals surface area contributed by atoms with Crippen molar-refractivity contribution in [2.24, 2.45) is 0 Å². The van der Waals surface area contributed by atoms with Crippen LogP contribution in [0.15, 0.2) is 24.3 Å². The molecule has 0 unspecified atom stereocenters. The molecule has 4 rings (SSSR count). The van der Waals surface area contributed by atoms with Gasteiger partial charge in [-0.1, -0.05) is 25.5 Å². The summed E-state index contributed by atoms with van der Waals surface area (Å²) in [6, 6.07) is 8.10. The smallest absolute Gasteiger partial charge is 0.260 e. The molecule has 0 bridgehead atoms. The predicted molar refractivity (Wildman–Crippen MR) is 113 cm³/mol. The maximum absolute atomic E-state index is 6.27. The normalized spacial score (nSPS) is 14.6. The van der Waals surface area contributed by atoms with Gasteiger partial charge in [0.2, 0.25) is 0 Å². The molecule has 7 nitrogen and oxygen atoms in total. The molecular weight excluding hydrogens is 366 g/mol. The van der Waals surface area contributed by atoms with E-state index in [0.29, 0.717) is 23.8 Å². The van der Waals surface area contributed by atoms with E-state index in [1.54, 1.807) is 7.11 Å². The van der Waals surface area contributed by atoms with E-state index in [4.69, 9.17) is 20.2 Å². The van der Waals surface area contributed by atoms with Crippen molar-refractivity contribution in [2.75, 3.05) is 12.8 Å². The van der Waals surface area contributed by atoms with Gasteiger partial charge in [0.05, 0.1) is 7.11 Å². The van der Waals surface area contributed by atoms with Crippen LogP contribution >= 0.6 is 0 Å². The molecule has 0 radical (unpaired) electrons. The maximum atomic E-state index is 6.27. The van der Waals surface area contributed by atoms with Gasteiger partial charge in [-0.2, -0.15) is 0 Å². The summed E-state index contributed by atoms with van der Waals surface area (Å²) in [4.78, 5) is 4.85. The van der Waals surface area contributed by atoms with Gasteiger partial charge in [-0.25, -0.2) is 4.98 Å². The van der Waals surface area contributed by atoms with Crippen LogP contribution in [0.1, 0.15) is 56.8 Å². The summed E-state index contributed by atoms with van der Waals surface area (Å²) in [7, 11) is 1.68. The molecule has 2 aromatic heterocycles. The van der Waals surface area contributed by atoms with Crippen LogP contribution in [0.5, 0.6) is 11.6 Å². The van der Waals surface area contributed by atoms with Gasteiger partial charge >= 0.3 is 0 Å². The quantitative estimate of drug-likeness (QED) is 0.617. The molecule has 3 aromatic rings. The van der Waals surface area contributed by atoms with Gasteiger partial charge < -0.3 is 19.8 Å². The van der Waals surface area contributed by atoms with Gasteiger partial charge in [0.15, 0.2) is 5.82 Å². The van der Waals surface area contributed by atoms with Crippen LogP contribution in [0.2, 0.25) is 0 Å². The average Bonchev–Trinajstić information content (AvgIpc) is 3.38. The summed E-state index contributed by atoms with van der Waals surface area (Å²) in [5.74, 6) is 2.74. The molecule has 1 fully saturated rings. The van der Waals surface area contributed by atoms with Gasteiger partial charge in [-0.3, -0.25) is 0 Å². The van der Waals surface area contributed by atoms with E-state index < -0.39 is 0 Å². The third-order valence-electron chi connectivity index (χ3n) is 5.57. The number of nitrogens with zero attached hydrogens (tertiary/aromatic N) is 4. The number of fused-ring (bicyclic) bond motifs is 1. The number of unbranched alkanes of at least 4 members (excludes halogenated alkanes) is 1. The van der Waals surface area contributed by atoms with Gasteiger partial charge in [0.1, 0.15) is 28.7 Å². The fourth-order valence-corrected chi connectivity index (χ4v) is 3.94. The Balaban J connectivity index is 1.77. The first kappa shape index (κ1) is 19.5. The summed E-state index contributed by atoms with van der Waals surface area (Å²) < 4.78 is 13.7. The van der Waals surface area contributed by atoms with Crippen molar-refractivity contribution in [1.82, 2.24) is 19.7 Å². The first-order chi connectivity index (χ1) is 14.2. The van der Waals surface area contributed by atoms with E-state index in [-0.39, 0.29) is 6.10 Å². The van der Waals surface area contributed by atoms with Crippen molar-refractivity contribution in [3.63, 3.8) is 0 Å². The van der Waals surface area contributed by atoms with E-state index >= 15 is 0 Å². The summed E-state index contributed by atoms with van der Waals surface area (Å²) in [5, 5.41) is 8.44. The number of aryl methyl sites for hydroxylation is 1. The van der Waals surface area contributed by atoms with Crippen molar-refractivity contribution in [2.45, 2.75) is 64.5 Å². The van der Waals surface area contributed by atoms with Crippen LogP contribution in [-0.2, 0) is 13.0 Å². The van der Waals surface area contributed by atoms with Crippen LogP contribution in [0.25, 0.3) is 11.0 Å². The number of aromatic nitrogens is 4. The number of nitrogen functional groups attached to an aromatic ring is 1. The van der Waals surface area contributed by atoms with Gasteiger partial charge in [0, 0.05) is 13.0 Å². The Kier molecular flexibility index (Phi) is 5.83. The molecule has 7 heteroatoms. The topological polar surface area (TPSA) is 88.1 Å². The third kappa shape index (κ3) is 4.13. The van der Waals surface area contributed by atoms with Crippen molar-refractivity contribution in [1.29, 1.82) is 0 Å². The fourth-order valence-electron chi connectivity index (χ4n) is 3.94. The van der Waals surface area contributed by atoms with Crippen LogP contribution in [0.4, 0.5) is 5.82 Å². The van der Waals surface area contributed by atoms with E-state index in [0.717, 1.165) is 54.8 Å². The number of hydrogen-bond donors (Lipinski definition) is 1. The lowest BCUT2D eigenvalue weighted by Gasteiger charge is -2.15. The Hall–Kier alpha value is -2.83. The molecule has 0 spiro atoms. The molecular formula is C22H29N5O2. The van der Waals surface area contributed by atoms with E-state index in [2.05, 4.69) is 33.8 Å². The molecule has 0 saturated heterocycles. The largest absolute Gasteiger partial charge is 0.497 e. The number of imidazole rings is 1. The average molecular weight is 396 g/mol. The Morgan fingerprint density at radius 1 is 1.14 bits per heavy atom. The lowest BCUT2D eigenvalue weighted by molar-refractivity contribution is 0.201. The van der Waals surface area contributed by atoms with E-state index in [9.17, 15) is 0 Å². The first-order valence-electron chi connectivity index (χ1n) is 10.5. The standard InChI is InChI=1S/C22H29N5O2/c1-3-4-9-18-24-19-20(27(18)14-15-10-12-16(28-2)13-11-15)22(26-25-21(19)23)29-17-7-5-6-8-17/h10-13,17H,3-9,14H2,1-2H3,(H2,23,25). The molecule has 1 aliphatic rings. The Morgan fingerprint density at radius 3 is 2.59 bits per heavy atom. The Bertz CT molecular complexity index is 961. The SMILES string of the molecule is CCCCc1nc2c(N)nnc(OC3CCCC3)c2n1Cc1ccc(OC)cc1. The second-order valence-electron chi connectivity index (χ2n) is 7.68. The summed E-state index contributed by atoms with van der Waals surface area (Å²) in [5.41, 5.74) is 8.85. The van der Waals surface area contributed by atoms with Crippen molar-refractivity contribution >= 4 is 16.9 Å². The van der Waals surface area contributed by atoms with Gasteiger partial charge in [0.25, 0.3) is 5.88 Å². The van der Waals surface area contributed by atoms with Crippen molar-refractivity contribution in [3.05, 3.63) is 35.7 Å². The highest BCUT2D eigenvalue weighted by molar-refractivity contribution is 5.88. The summed E-state index contributed by atoms with van der Waals surface area (Å²) in [6.07, 6.45) is 7.75. The molecule has 0 atom stereocenters. The number of hydrogen-bond acceptors (Lipinski definition) is 6. The second kappa shape index (κ2) is 8.68. The van der Waals surface area contributed by atoms with Gasteiger partial charge in [-0.05, 0) is 49.8 Å². The zero-order valence-electron chi connectivity index (χ0n) is 17.2. The molecule has 1 aliphatic carbocycles. The second-order valence-corrected chi connectivity index (χ2v) is 7.68. The third-order valence-corrected chi connectivity index (χ3v) is 5.57. The van der Waals surface area contributed by atoms with Crippen LogP contribution in [-0.4, -0.2) is 33.0 Å². The number of benzene rings is 1. The molecule has 0 amide bonds. The molecule has 2 N–H and O–H groups in total. The zero-order chi connectivity index (χ0) is 20.2. The predicted octanol–water partition coefficient (Wildman–Crippen LogP) is 4.13. The highest BCUT2D eigenvalue weighted by atomic mass is 16.5. The highest BCUT2D eigenvalue weighted by Gasteiger charge is 2.23. The molecule has 0 aliphatic heterocycles. The Morgan fingerprint density at radius 2 is 1.90 bits per heavy atom. The minimum absolute atomic E-state index is 0.194. The molecule has 1 aromatic carbocycles. The number of methoxy groups -OCH3 is 1. The highest BCUT2D eigenvalue weighted by Crippen LogP contribution is 2.32. The van der Waals surface area contributed by atoms with E-state index in [1.807, 2.05) is 12.1 Å².